The van der Waals surface area contributed by atoms with Gasteiger partial charge in [0.05, 0.1) is 6.07 Å². The molecule has 0 amide bonds. The van der Waals surface area contributed by atoms with Crippen molar-refractivity contribution >= 4 is 0 Å². The molecule has 5 heteroatoms. The Morgan fingerprint density at radius 3 is 2.86 bits per heavy atom. The Balaban J connectivity index is 2.59. The number of aryl methyl sites for hydroxylation is 1. The molecule has 0 aliphatic heterocycles. The van der Waals surface area contributed by atoms with Crippen LogP contribution in [0.1, 0.15) is 19.3 Å². The zero-order valence-corrected chi connectivity index (χ0v) is 7.69. The van der Waals surface area contributed by atoms with Crippen molar-refractivity contribution in [3.05, 3.63) is 32.8 Å². The summed E-state index contributed by atoms with van der Waals surface area (Å²) in [6, 6.07) is 4.46. The summed E-state index contributed by atoms with van der Waals surface area (Å²) in [5, 5.41) is 10.7. The largest absolute Gasteiger partial charge is 0.268 e. The van der Waals surface area contributed by atoms with Crippen molar-refractivity contribution in [2.45, 2.75) is 25.8 Å². The van der Waals surface area contributed by atoms with Crippen LogP contribution in [0.25, 0.3) is 0 Å². The monoisotopic (exact) mass is 193 g/mol. The summed E-state index contributed by atoms with van der Waals surface area (Å²) in [5.41, 5.74) is -0.508. The van der Waals surface area contributed by atoms with Gasteiger partial charge in [0.25, 0.3) is 11.1 Å². The summed E-state index contributed by atoms with van der Waals surface area (Å²) in [6.45, 7) is 0.455. The Kier molecular flexibility index (Phi) is 3.68. The molecule has 0 saturated carbocycles. The lowest BCUT2D eigenvalue weighted by molar-refractivity contribution is 0.529. The maximum atomic E-state index is 11.2. The van der Waals surface area contributed by atoms with Crippen LogP contribution in [0.5, 0.6) is 0 Å². The zero-order chi connectivity index (χ0) is 10.4. The normalized spacial score (nSPS) is 9.64. The molecule has 0 aliphatic carbocycles. The van der Waals surface area contributed by atoms with Gasteiger partial charge in [0.15, 0.2) is 0 Å². The molecule has 74 valence electrons. The molecule has 0 aliphatic rings. The molecular formula is C9H11N3O2. The highest BCUT2D eigenvalue weighted by Gasteiger charge is 1.95. The van der Waals surface area contributed by atoms with Crippen molar-refractivity contribution < 1.29 is 0 Å². The molecule has 1 aromatic rings. The molecule has 0 radical (unpaired) electrons. The predicted octanol–water partition coefficient (Wildman–Crippen LogP) is 0.230. The van der Waals surface area contributed by atoms with E-state index in [4.69, 9.17) is 5.26 Å². The van der Waals surface area contributed by atoms with Gasteiger partial charge in [0.2, 0.25) is 0 Å². The summed E-state index contributed by atoms with van der Waals surface area (Å²) in [5.74, 6) is 0. The molecule has 0 fully saturated rings. The maximum Gasteiger partial charge on any atom is 0.265 e. The van der Waals surface area contributed by atoms with Gasteiger partial charge < -0.3 is 0 Å². The van der Waals surface area contributed by atoms with E-state index in [0.29, 0.717) is 19.4 Å². The fraction of sp³-hybridized carbons (Fsp3) is 0.444. The fourth-order valence-electron chi connectivity index (χ4n) is 1.10. The van der Waals surface area contributed by atoms with Crippen LogP contribution < -0.4 is 11.1 Å². The van der Waals surface area contributed by atoms with E-state index in [-0.39, 0.29) is 11.1 Å². The first-order valence-electron chi connectivity index (χ1n) is 4.41. The maximum absolute atomic E-state index is 11.2. The van der Waals surface area contributed by atoms with Crippen LogP contribution in [-0.4, -0.2) is 9.78 Å². The lowest BCUT2D eigenvalue weighted by atomic mass is 10.2. The molecule has 0 spiro atoms. The van der Waals surface area contributed by atoms with E-state index < -0.39 is 0 Å². The average Bonchev–Trinajstić information content (AvgIpc) is 2.18. The van der Waals surface area contributed by atoms with E-state index in [1.54, 1.807) is 0 Å². The highest BCUT2D eigenvalue weighted by molar-refractivity contribution is 4.85. The van der Waals surface area contributed by atoms with Crippen LogP contribution in [0.2, 0.25) is 0 Å². The van der Waals surface area contributed by atoms with E-state index in [0.717, 1.165) is 6.42 Å². The Morgan fingerprint density at radius 1 is 1.36 bits per heavy atom. The average molecular weight is 193 g/mol. The van der Waals surface area contributed by atoms with Crippen LogP contribution in [-0.2, 0) is 6.54 Å². The molecule has 5 nitrogen and oxygen atoms in total. The molecule has 0 aromatic carbocycles. The van der Waals surface area contributed by atoms with Crippen LogP contribution in [0.15, 0.2) is 21.7 Å². The van der Waals surface area contributed by atoms with E-state index >= 15 is 0 Å². The molecule has 0 atom stereocenters. The van der Waals surface area contributed by atoms with Crippen LogP contribution in [0, 0.1) is 11.3 Å². The van der Waals surface area contributed by atoms with Crippen molar-refractivity contribution in [2.24, 2.45) is 0 Å². The smallest absolute Gasteiger partial charge is 0.265 e. The molecule has 0 saturated heterocycles. The van der Waals surface area contributed by atoms with Crippen LogP contribution >= 0.6 is 0 Å². The second kappa shape index (κ2) is 5.02. The van der Waals surface area contributed by atoms with Gasteiger partial charge in [-0.05, 0) is 12.8 Å². The van der Waals surface area contributed by atoms with E-state index in [1.165, 1.54) is 16.8 Å². The molecular weight excluding hydrogens is 182 g/mol. The first-order valence-corrected chi connectivity index (χ1v) is 4.41. The third-order valence-corrected chi connectivity index (χ3v) is 1.81. The van der Waals surface area contributed by atoms with Gasteiger partial charge in [0, 0.05) is 25.1 Å². The van der Waals surface area contributed by atoms with Gasteiger partial charge >= 0.3 is 0 Å². The highest BCUT2D eigenvalue weighted by atomic mass is 16.1. The molecule has 0 unspecified atom stereocenters. The fourth-order valence-corrected chi connectivity index (χ4v) is 1.10. The lowest BCUT2D eigenvalue weighted by Gasteiger charge is -2.02. The van der Waals surface area contributed by atoms with Crippen molar-refractivity contribution in [3.63, 3.8) is 0 Å². The second-order valence-electron chi connectivity index (χ2n) is 2.91. The van der Waals surface area contributed by atoms with Crippen molar-refractivity contribution in [3.8, 4) is 6.07 Å². The quantitative estimate of drug-likeness (QED) is 0.695. The van der Waals surface area contributed by atoms with Crippen molar-refractivity contribution in [1.82, 2.24) is 9.78 Å². The summed E-state index contributed by atoms with van der Waals surface area (Å²) in [7, 11) is 0. The number of unbranched alkanes of at least 4 members (excludes halogenated alkanes) is 2. The van der Waals surface area contributed by atoms with Crippen molar-refractivity contribution in [2.75, 3.05) is 0 Å². The Labute approximate surface area is 80.6 Å². The summed E-state index contributed by atoms with van der Waals surface area (Å²) in [4.78, 5) is 22.0. The number of aromatic nitrogens is 2. The second-order valence-corrected chi connectivity index (χ2v) is 2.91. The number of H-pyrrole nitrogens is 1. The summed E-state index contributed by atoms with van der Waals surface area (Å²) < 4.78 is 1.26. The van der Waals surface area contributed by atoms with Crippen LogP contribution in [0.3, 0.4) is 0 Å². The minimum atomic E-state index is -0.287. The van der Waals surface area contributed by atoms with E-state index in [1.807, 2.05) is 6.07 Å². The van der Waals surface area contributed by atoms with E-state index in [2.05, 4.69) is 5.10 Å². The van der Waals surface area contributed by atoms with Gasteiger partial charge in [-0.3, -0.25) is 19.4 Å². The first kappa shape index (κ1) is 10.3. The standard InChI is InChI=1S/C9H11N3O2/c10-6-2-1-3-7-12-9(14)5-4-8(13)11-12/h4-5H,1-3,7H2,(H,11,13). The van der Waals surface area contributed by atoms with E-state index in [9.17, 15) is 9.59 Å². The first-order chi connectivity index (χ1) is 6.74. The Bertz CT molecular complexity index is 438. The van der Waals surface area contributed by atoms with Gasteiger partial charge in [-0.1, -0.05) is 0 Å². The Hall–Kier alpha value is -1.83. The number of hydrogen-bond donors (Lipinski definition) is 1. The van der Waals surface area contributed by atoms with Crippen molar-refractivity contribution in [1.29, 1.82) is 5.26 Å². The van der Waals surface area contributed by atoms with Gasteiger partial charge in [-0.15, -0.1) is 0 Å². The van der Waals surface area contributed by atoms with Gasteiger partial charge in [-0.25, -0.2) is 0 Å². The zero-order valence-electron chi connectivity index (χ0n) is 7.69. The van der Waals surface area contributed by atoms with Crippen LogP contribution in [0.4, 0.5) is 0 Å². The summed E-state index contributed by atoms with van der Waals surface area (Å²) in [6.07, 6.45) is 1.93. The number of nitriles is 1. The lowest BCUT2D eigenvalue weighted by Crippen LogP contribution is -2.27. The number of rotatable bonds is 4. The molecule has 0 bridgehead atoms. The summed E-state index contributed by atoms with van der Waals surface area (Å²) >= 11 is 0. The third-order valence-electron chi connectivity index (χ3n) is 1.81. The minimum absolute atomic E-state index is 0.221. The molecule has 1 rings (SSSR count). The molecule has 1 aromatic heterocycles. The molecule has 14 heavy (non-hydrogen) atoms. The third kappa shape index (κ3) is 2.90. The minimum Gasteiger partial charge on any atom is -0.268 e. The van der Waals surface area contributed by atoms with Gasteiger partial charge in [-0.2, -0.15) is 5.26 Å². The molecule has 1 heterocycles. The predicted molar refractivity (Wildman–Crippen MR) is 50.8 cm³/mol. The number of nitrogens with zero attached hydrogens (tertiary/aromatic N) is 2. The topological polar surface area (TPSA) is 78.7 Å². The highest BCUT2D eigenvalue weighted by Crippen LogP contribution is 1.94. The SMILES string of the molecule is N#CCCCCn1[nH]c(=O)ccc1=O. The van der Waals surface area contributed by atoms with Gasteiger partial charge in [0.1, 0.15) is 0 Å². The number of nitrogens with one attached hydrogen (secondary N) is 1. The molecule has 1 N–H and O–H groups in total. The number of hydrogen-bond acceptors (Lipinski definition) is 3. The Morgan fingerprint density at radius 2 is 2.14 bits per heavy atom. The number of aromatic amines is 1.